The van der Waals surface area contributed by atoms with Crippen molar-refractivity contribution in [3.8, 4) is 0 Å². The van der Waals surface area contributed by atoms with Gasteiger partial charge in [0.05, 0.1) is 26.3 Å². The van der Waals surface area contributed by atoms with Gasteiger partial charge in [-0.3, -0.25) is 0 Å². The number of nitrogens with zero attached hydrogens (tertiary/aromatic N) is 3. The molecule has 0 aliphatic carbocycles. The van der Waals surface area contributed by atoms with Crippen molar-refractivity contribution in [2.75, 3.05) is 0 Å². The van der Waals surface area contributed by atoms with Crippen molar-refractivity contribution in [2.45, 2.75) is 19.2 Å². The van der Waals surface area contributed by atoms with Crippen LogP contribution in [-0.4, -0.2) is 19.8 Å². The molecule has 29 heavy (non-hydrogen) atoms. The van der Waals surface area contributed by atoms with Gasteiger partial charge >= 0.3 is 0 Å². The number of halogens is 4. The van der Waals surface area contributed by atoms with Crippen LogP contribution in [0.2, 0.25) is 20.1 Å². The zero-order valence-electron chi connectivity index (χ0n) is 19.3. The van der Waals surface area contributed by atoms with Gasteiger partial charge in [-0.1, -0.05) is 58.5 Å². The summed E-state index contributed by atoms with van der Waals surface area (Å²) in [5.41, 5.74) is -0.00302. The molecule has 0 saturated heterocycles. The summed E-state index contributed by atoms with van der Waals surface area (Å²) in [7, 11) is 0. The maximum atomic E-state index is 8.47. The summed E-state index contributed by atoms with van der Waals surface area (Å²) < 4.78 is 48.3. The van der Waals surface area contributed by atoms with Crippen LogP contribution in [0.1, 0.15) is 24.1 Å². The minimum absolute atomic E-state index is 0.140. The van der Waals surface area contributed by atoms with Crippen LogP contribution < -0.4 is 0 Å². The summed E-state index contributed by atoms with van der Waals surface area (Å²) in [6.07, 6.45) is 3.83. The quantitative estimate of drug-likeness (QED) is 0.337. The molecule has 0 fully saturated rings. The minimum atomic E-state index is -2.64. The molecule has 1 heterocycles. The lowest BCUT2D eigenvalue weighted by atomic mass is 10.1. The molecule has 0 aliphatic heterocycles. The molecule has 0 radical (unpaired) electrons. The molecule has 0 spiro atoms. The monoisotopic (exact) mass is 482 g/mol. The van der Waals surface area contributed by atoms with Crippen LogP contribution in [0.3, 0.4) is 0 Å². The fourth-order valence-corrected chi connectivity index (χ4v) is 3.01. The summed E-state index contributed by atoms with van der Waals surface area (Å²) in [5, 5.41) is 13.6. The molecule has 1 N–H and O–H groups in total. The Bertz CT molecular complexity index is 1150. The topological polar surface area (TPSA) is 90.4 Å². The van der Waals surface area contributed by atoms with Gasteiger partial charge in [-0.15, -0.1) is 10.1 Å². The molecule has 7 nitrogen and oxygen atoms in total. The smallest absolute Gasteiger partial charge is 0.291 e. The van der Waals surface area contributed by atoms with E-state index in [1.807, 2.05) is 0 Å². The van der Waals surface area contributed by atoms with E-state index in [0.717, 1.165) is 0 Å². The number of benzene rings is 2. The summed E-state index contributed by atoms with van der Waals surface area (Å²) >= 11 is 24.3. The Morgan fingerprint density at radius 2 is 2.00 bits per heavy atom. The Morgan fingerprint density at radius 3 is 2.62 bits per heavy atom. The van der Waals surface area contributed by atoms with E-state index in [-0.39, 0.29) is 16.6 Å². The van der Waals surface area contributed by atoms with Crippen LogP contribution in [-0.2, 0) is 17.8 Å². The van der Waals surface area contributed by atoms with Crippen LogP contribution in [0.4, 0.5) is 0 Å². The third-order valence-corrected chi connectivity index (χ3v) is 4.32. The van der Waals surface area contributed by atoms with Gasteiger partial charge in [-0.2, -0.15) is 0 Å². The van der Waals surface area contributed by atoms with Gasteiger partial charge in [0.25, 0.3) is 5.09 Å². The average Bonchev–Trinajstić information content (AvgIpc) is 3.23. The first-order chi connectivity index (χ1) is 15.8. The maximum absolute atomic E-state index is 8.47. The zero-order valence-corrected chi connectivity index (χ0v) is 17.3. The number of hydrogen-bond donors (Lipinski definition) is 1. The summed E-state index contributed by atoms with van der Waals surface area (Å²) in [4.78, 5) is 12.3. The van der Waals surface area contributed by atoms with Gasteiger partial charge in [-0.25, -0.2) is 4.98 Å². The highest BCUT2D eigenvalue weighted by Crippen LogP contribution is 2.31. The maximum Gasteiger partial charge on any atom is 0.291 e. The van der Waals surface area contributed by atoms with Crippen molar-refractivity contribution in [3.63, 3.8) is 0 Å². The molecule has 11 heteroatoms. The molecule has 1 atom stereocenters. The molecule has 3 rings (SSSR count). The largest absolute Gasteiger partial charge is 0.367 e. The Balaban J connectivity index is 0.000000945. The van der Waals surface area contributed by atoms with Gasteiger partial charge in [0.15, 0.2) is 0 Å². The third kappa shape index (κ3) is 7.72. The standard InChI is InChI=1S/C18H14Cl4N2O.HNO3/c19-13-2-1-12(16(21)7-13)10-25-18(9-24-6-5-23-11-24)15-4-3-14(20)8-17(15)22;2-1(3)4/h1-8,11,18H,9-10H2;(H,2,3,4)/i1D,2D,7D,10D2;. The van der Waals surface area contributed by atoms with Crippen molar-refractivity contribution < 1.29 is 21.9 Å². The summed E-state index contributed by atoms with van der Waals surface area (Å²) in [5.74, 6) is 0. The molecule has 0 bridgehead atoms. The lowest BCUT2D eigenvalue weighted by Crippen LogP contribution is -2.12. The van der Waals surface area contributed by atoms with E-state index >= 15 is 0 Å². The van der Waals surface area contributed by atoms with Crippen molar-refractivity contribution >= 4 is 46.4 Å². The van der Waals surface area contributed by atoms with Crippen LogP contribution in [0.25, 0.3) is 0 Å². The second-order valence-corrected chi connectivity index (χ2v) is 6.85. The predicted octanol–water partition coefficient (Wildman–Crippen LogP) is 6.11. The van der Waals surface area contributed by atoms with Crippen molar-refractivity contribution in [2.24, 2.45) is 0 Å². The van der Waals surface area contributed by atoms with Gasteiger partial charge in [0, 0.05) is 38.0 Å². The lowest BCUT2D eigenvalue weighted by molar-refractivity contribution is -0.742. The lowest BCUT2D eigenvalue weighted by Gasteiger charge is -2.21. The van der Waals surface area contributed by atoms with Gasteiger partial charge in [0.1, 0.15) is 6.10 Å². The highest BCUT2D eigenvalue weighted by atomic mass is 35.5. The first-order valence-corrected chi connectivity index (χ1v) is 9.14. The zero-order chi connectivity index (χ0) is 25.8. The Hall–Kier alpha value is -2.03. The van der Waals surface area contributed by atoms with E-state index in [2.05, 4.69) is 4.98 Å². The highest BCUT2D eigenvalue weighted by Gasteiger charge is 2.17. The van der Waals surface area contributed by atoms with E-state index in [1.165, 1.54) is 12.4 Å². The molecule has 3 aromatic rings. The molecule has 2 aromatic carbocycles. The molecule has 0 aliphatic rings. The number of ether oxygens (including phenoxy) is 1. The molecule has 1 unspecified atom stereocenters. The molecule has 0 saturated carbocycles. The number of imidazole rings is 1. The Labute approximate surface area is 193 Å². The van der Waals surface area contributed by atoms with Gasteiger partial charge in [0.2, 0.25) is 0 Å². The first kappa shape index (κ1) is 16.7. The molecular weight excluding hydrogens is 464 g/mol. The van der Waals surface area contributed by atoms with Crippen LogP contribution in [0.5, 0.6) is 0 Å². The molecular formula is C18H15Cl4N3O4. The van der Waals surface area contributed by atoms with Crippen molar-refractivity contribution in [3.05, 3.63) is 96.4 Å². The van der Waals surface area contributed by atoms with Crippen LogP contribution >= 0.6 is 46.4 Å². The first-order valence-electron chi connectivity index (χ1n) is 10.1. The normalized spacial score (nSPS) is 14.4. The summed E-state index contributed by atoms with van der Waals surface area (Å²) in [6.45, 7) is -2.50. The third-order valence-electron chi connectivity index (χ3n) is 3.28. The van der Waals surface area contributed by atoms with Crippen LogP contribution in [0, 0.1) is 10.1 Å². The number of aromatic nitrogens is 2. The molecule has 154 valence electrons. The van der Waals surface area contributed by atoms with E-state index in [9.17, 15) is 0 Å². The van der Waals surface area contributed by atoms with Crippen molar-refractivity contribution in [1.29, 1.82) is 0 Å². The van der Waals surface area contributed by atoms with E-state index < -0.39 is 46.5 Å². The molecule has 0 amide bonds. The second kappa shape index (κ2) is 11.2. The Morgan fingerprint density at radius 1 is 1.28 bits per heavy atom. The Kier molecular flexibility index (Phi) is 6.48. The minimum Gasteiger partial charge on any atom is -0.367 e. The fourth-order valence-electron chi connectivity index (χ4n) is 2.11. The fraction of sp³-hybridized carbons (Fsp3) is 0.167. The molecule has 1 aromatic heterocycles. The second-order valence-electron chi connectivity index (χ2n) is 5.25. The predicted molar refractivity (Wildman–Crippen MR) is 111 cm³/mol. The number of rotatable bonds is 6. The number of hydrogen-bond acceptors (Lipinski definition) is 4. The van der Waals surface area contributed by atoms with E-state index in [4.69, 9.17) is 73.3 Å². The van der Waals surface area contributed by atoms with E-state index in [1.54, 1.807) is 29.1 Å². The highest BCUT2D eigenvalue weighted by molar-refractivity contribution is 6.35. The van der Waals surface area contributed by atoms with Crippen LogP contribution in [0.15, 0.2) is 55.0 Å². The average molecular weight is 484 g/mol. The van der Waals surface area contributed by atoms with Crippen molar-refractivity contribution in [1.82, 2.24) is 9.55 Å². The SMILES string of the molecule is O=[N+]([O-])O.[2H]c1c([2H])c(C([2H])([2H])OC(Cn2ccnc2)c2ccc(Cl)cc2Cl)c(Cl)c([2H])c1Cl. The van der Waals surface area contributed by atoms with Gasteiger partial charge < -0.3 is 14.5 Å². The van der Waals surface area contributed by atoms with E-state index in [0.29, 0.717) is 10.6 Å². The van der Waals surface area contributed by atoms with Gasteiger partial charge in [-0.05, 0) is 29.8 Å². The summed E-state index contributed by atoms with van der Waals surface area (Å²) in [6, 6.07) is 3.20.